The minimum Gasteiger partial charge on any atom is -0.381 e. The van der Waals surface area contributed by atoms with Crippen LogP contribution in [0.15, 0.2) is 36.5 Å². The van der Waals surface area contributed by atoms with E-state index in [9.17, 15) is 4.79 Å². The number of fused-ring (bicyclic) bond motifs is 2. The zero-order valence-corrected chi connectivity index (χ0v) is 14.9. The number of methoxy groups -OCH3 is 1. The molecule has 1 aromatic carbocycles. The number of ether oxygens (including phenoxy) is 1. The first kappa shape index (κ1) is 16.5. The second kappa shape index (κ2) is 6.73. The maximum absolute atomic E-state index is 13.4. The molecule has 0 aliphatic carbocycles. The van der Waals surface area contributed by atoms with E-state index in [-0.39, 0.29) is 18.1 Å². The minimum absolute atomic E-state index is 0.126. The molecule has 0 N–H and O–H groups in total. The normalized spacial score (nSPS) is 26.8. The summed E-state index contributed by atoms with van der Waals surface area (Å²) in [5.41, 5.74) is 1.63. The van der Waals surface area contributed by atoms with Crippen molar-refractivity contribution in [1.29, 1.82) is 0 Å². The van der Waals surface area contributed by atoms with Gasteiger partial charge in [-0.3, -0.25) is 9.78 Å². The van der Waals surface area contributed by atoms with E-state index in [2.05, 4.69) is 21.7 Å². The number of pyridine rings is 1. The van der Waals surface area contributed by atoms with Gasteiger partial charge in [0.05, 0.1) is 23.2 Å². The highest BCUT2D eigenvalue weighted by Crippen LogP contribution is 2.34. The predicted octanol–water partition coefficient (Wildman–Crippen LogP) is 2.42. The number of likely N-dealkylation sites (N-methyl/N-ethyl adjacent to an activating group) is 1. The van der Waals surface area contributed by atoms with E-state index in [1.165, 1.54) is 0 Å². The number of hydrogen-bond acceptors (Lipinski definition) is 4. The molecule has 0 saturated carbocycles. The van der Waals surface area contributed by atoms with Gasteiger partial charge in [0.25, 0.3) is 5.91 Å². The van der Waals surface area contributed by atoms with Crippen molar-refractivity contribution in [2.24, 2.45) is 5.92 Å². The molecule has 0 spiro atoms. The number of likely N-dealkylation sites (tertiary alicyclic amines) is 2. The molecule has 2 aliphatic rings. The molecule has 0 unspecified atom stereocenters. The highest BCUT2D eigenvalue weighted by molar-refractivity contribution is 6.06. The molecule has 5 heteroatoms. The van der Waals surface area contributed by atoms with Gasteiger partial charge in [0, 0.05) is 44.2 Å². The van der Waals surface area contributed by atoms with Gasteiger partial charge in [-0.2, -0.15) is 0 Å². The Balaban J connectivity index is 1.67. The third-order valence-corrected chi connectivity index (χ3v) is 5.83. The first-order valence-corrected chi connectivity index (χ1v) is 9.12. The molecule has 1 aromatic heterocycles. The highest BCUT2D eigenvalue weighted by atomic mass is 16.5. The highest BCUT2D eigenvalue weighted by Gasteiger charge is 2.45. The van der Waals surface area contributed by atoms with Gasteiger partial charge in [0.2, 0.25) is 0 Å². The van der Waals surface area contributed by atoms with Crippen molar-refractivity contribution < 1.29 is 9.53 Å². The van der Waals surface area contributed by atoms with Crippen LogP contribution in [0.5, 0.6) is 0 Å². The smallest absolute Gasteiger partial charge is 0.254 e. The van der Waals surface area contributed by atoms with E-state index in [1.54, 1.807) is 13.3 Å². The van der Waals surface area contributed by atoms with Gasteiger partial charge in [0.15, 0.2) is 0 Å². The van der Waals surface area contributed by atoms with Crippen molar-refractivity contribution in [1.82, 2.24) is 14.8 Å². The Bertz CT molecular complexity index is 773. The zero-order valence-electron chi connectivity index (χ0n) is 14.9. The van der Waals surface area contributed by atoms with Gasteiger partial charge in [0.1, 0.15) is 0 Å². The third kappa shape index (κ3) is 2.81. The van der Waals surface area contributed by atoms with Crippen LogP contribution in [0.4, 0.5) is 0 Å². The Morgan fingerprint density at radius 3 is 2.92 bits per heavy atom. The van der Waals surface area contributed by atoms with Crippen molar-refractivity contribution in [3.05, 3.63) is 42.1 Å². The van der Waals surface area contributed by atoms with Crippen LogP contribution >= 0.6 is 0 Å². The monoisotopic (exact) mass is 339 g/mol. The molecule has 132 valence electrons. The molecule has 0 radical (unpaired) electrons. The summed E-state index contributed by atoms with van der Waals surface area (Å²) in [6.45, 7) is 5.91. The summed E-state index contributed by atoms with van der Waals surface area (Å²) in [4.78, 5) is 22.3. The Morgan fingerprint density at radius 2 is 2.12 bits per heavy atom. The van der Waals surface area contributed by atoms with Gasteiger partial charge in [-0.25, -0.2) is 0 Å². The third-order valence-electron chi connectivity index (χ3n) is 5.83. The van der Waals surface area contributed by atoms with Crippen LogP contribution in [0.25, 0.3) is 10.9 Å². The first-order valence-electron chi connectivity index (χ1n) is 9.12. The largest absolute Gasteiger partial charge is 0.381 e. The standard InChI is InChI=1S/C20H25N3O2/c1-3-22-12-16-18(13-22)23(11-9-19(16)25-2)20(24)15-8-10-21-17-7-5-4-6-14(15)17/h4-8,10,16,18-19H,3,9,11-13H2,1-2H3/t16-,18+,19+/m1/s1. The molecule has 2 aromatic rings. The first-order chi connectivity index (χ1) is 12.2. The SMILES string of the molecule is CCN1C[C@H]2[C@@H](OC)CCN(C(=O)c3ccnc4ccccc34)[C@H]2C1. The van der Waals surface area contributed by atoms with E-state index in [1.807, 2.05) is 30.3 Å². The zero-order chi connectivity index (χ0) is 17.4. The fourth-order valence-electron chi connectivity index (χ4n) is 4.48. The van der Waals surface area contributed by atoms with Crippen LogP contribution in [-0.4, -0.2) is 66.1 Å². The Kier molecular flexibility index (Phi) is 4.44. The second-order valence-corrected chi connectivity index (χ2v) is 7.02. The van der Waals surface area contributed by atoms with Crippen molar-refractivity contribution in [3.8, 4) is 0 Å². The topological polar surface area (TPSA) is 45.7 Å². The molecule has 5 nitrogen and oxygen atoms in total. The summed E-state index contributed by atoms with van der Waals surface area (Å²) in [6.07, 6.45) is 2.89. The second-order valence-electron chi connectivity index (χ2n) is 7.02. The molecule has 25 heavy (non-hydrogen) atoms. The van der Waals surface area contributed by atoms with E-state index in [0.717, 1.165) is 49.1 Å². The molecule has 2 aliphatic heterocycles. The van der Waals surface area contributed by atoms with Crippen molar-refractivity contribution in [2.45, 2.75) is 25.5 Å². The number of aromatic nitrogens is 1. The van der Waals surface area contributed by atoms with Gasteiger partial charge < -0.3 is 14.5 Å². The number of nitrogens with zero attached hydrogens (tertiary/aromatic N) is 3. The van der Waals surface area contributed by atoms with Gasteiger partial charge in [-0.1, -0.05) is 25.1 Å². The van der Waals surface area contributed by atoms with E-state index < -0.39 is 0 Å². The minimum atomic E-state index is 0.126. The summed E-state index contributed by atoms with van der Waals surface area (Å²) in [5.74, 6) is 0.525. The maximum Gasteiger partial charge on any atom is 0.254 e. The molecule has 3 atom stereocenters. The van der Waals surface area contributed by atoms with Crippen molar-refractivity contribution in [3.63, 3.8) is 0 Å². The predicted molar refractivity (Wildman–Crippen MR) is 97.6 cm³/mol. The quantitative estimate of drug-likeness (QED) is 0.861. The van der Waals surface area contributed by atoms with Crippen LogP contribution < -0.4 is 0 Å². The molecule has 2 saturated heterocycles. The average Bonchev–Trinajstić information content (AvgIpc) is 3.10. The van der Waals surface area contributed by atoms with Crippen LogP contribution in [0.1, 0.15) is 23.7 Å². The molecule has 1 amide bonds. The lowest BCUT2D eigenvalue weighted by molar-refractivity contribution is -0.0155. The van der Waals surface area contributed by atoms with Crippen LogP contribution in [-0.2, 0) is 4.74 Å². The Hall–Kier alpha value is -1.98. The molecule has 2 fully saturated rings. The Morgan fingerprint density at radius 1 is 1.28 bits per heavy atom. The number of hydrogen-bond donors (Lipinski definition) is 0. The summed E-state index contributed by atoms with van der Waals surface area (Å²) < 4.78 is 5.73. The molecule has 3 heterocycles. The number of para-hydroxylation sites is 1. The summed E-state index contributed by atoms with van der Waals surface area (Å²) in [5, 5.41) is 0.936. The lowest BCUT2D eigenvalue weighted by Gasteiger charge is -2.41. The number of benzene rings is 1. The van der Waals surface area contributed by atoms with Crippen molar-refractivity contribution in [2.75, 3.05) is 33.3 Å². The van der Waals surface area contributed by atoms with Crippen molar-refractivity contribution >= 4 is 16.8 Å². The average molecular weight is 339 g/mol. The van der Waals surface area contributed by atoms with E-state index >= 15 is 0 Å². The summed E-state index contributed by atoms with van der Waals surface area (Å²) >= 11 is 0. The number of carbonyl (C=O) groups excluding carboxylic acids is 1. The van der Waals surface area contributed by atoms with Crippen LogP contribution in [0, 0.1) is 5.92 Å². The fraction of sp³-hybridized carbons (Fsp3) is 0.500. The summed E-state index contributed by atoms with van der Waals surface area (Å²) in [7, 11) is 1.80. The van der Waals surface area contributed by atoms with E-state index in [4.69, 9.17) is 4.74 Å². The number of rotatable bonds is 3. The molecular formula is C20H25N3O2. The summed E-state index contributed by atoms with van der Waals surface area (Å²) in [6, 6.07) is 9.96. The number of carbonyl (C=O) groups is 1. The maximum atomic E-state index is 13.4. The van der Waals surface area contributed by atoms with E-state index in [0.29, 0.717) is 5.92 Å². The van der Waals surface area contributed by atoms with Gasteiger partial charge >= 0.3 is 0 Å². The lowest BCUT2D eigenvalue weighted by Crippen LogP contribution is -2.53. The molecular weight excluding hydrogens is 314 g/mol. The van der Waals surface area contributed by atoms with Crippen LogP contribution in [0.3, 0.4) is 0 Å². The lowest BCUT2D eigenvalue weighted by atomic mass is 9.88. The van der Waals surface area contributed by atoms with Gasteiger partial charge in [-0.05, 0) is 25.1 Å². The fourth-order valence-corrected chi connectivity index (χ4v) is 4.48. The number of amides is 1. The Labute approximate surface area is 148 Å². The van der Waals surface area contributed by atoms with Crippen LogP contribution in [0.2, 0.25) is 0 Å². The number of piperidine rings is 1. The molecule has 4 rings (SSSR count). The molecule has 0 bridgehead atoms. The van der Waals surface area contributed by atoms with Gasteiger partial charge in [-0.15, -0.1) is 0 Å².